The van der Waals surface area contributed by atoms with Gasteiger partial charge in [-0.1, -0.05) is 15.9 Å². The van der Waals surface area contributed by atoms with Crippen LogP contribution in [0.25, 0.3) is 0 Å². The number of hydrogen-bond donors (Lipinski definition) is 2. The summed E-state index contributed by atoms with van der Waals surface area (Å²) in [7, 11) is 1.59. The summed E-state index contributed by atoms with van der Waals surface area (Å²) < 4.78 is 6.16. The summed E-state index contributed by atoms with van der Waals surface area (Å²) in [6.45, 7) is 3.50. The van der Waals surface area contributed by atoms with Crippen LogP contribution in [0, 0.1) is 13.8 Å². The van der Waals surface area contributed by atoms with Gasteiger partial charge in [0.2, 0.25) is 5.95 Å². The van der Waals surface area contributed by atoms with E-state index in [1.54, 1.807) is 27.2 Å². The van der Waals surface area contributed by atoms with E-state index in [9.17, 15) is 4.79 Å². The van der Waals surface area contributed by atoms with Crippen molar-refractivity contribution in [2.75, 3.05) is 12.5 Å². The quantitative estimate of drug-likeness (QED) is 0.656. The Bertz CT molecular complexity index is 740. The lowest BCUT2D eigenvalue weighted by Crippen LogP contribution is -2.15. The number of rotatable bonds is 4. The van der Waals surface area contributed by atoms with E-state index < -0.39 is 0 Å². The van der Waals surface area contributed by atoms with Crippen molar-refractivity contribution in [2.45, 2.75) is 13.8 Å². The van der Waals surface area contributed by atoms with Crippen molar-refractivity contribution < 1.29 is 4.74 Å². The molecule has 0 aliphatic heterocycles. The molecule has 0 aliphatic carbocycles. The molecule has 0 amide bonds. The highest BCUT2D eigenvalue weighted by Crippen LogP contribution is 2.21. The fourth-order valence-electron chi connectivity index (χ4n) is 1.67. The molecule has 0 saturated carbocycles. The van der Waals surface area contributed by atoms with E-state index in [1.165, 1.54) is 0 Å². The first-order valence-electron chi connectivity index (χ1n) is 6.21. The van der Waals surface area contributed by atoms with Crippen LogP contribution in [0.15, 0.2) is 32.6 Å². The number of nitrogens with one attached hydrogen (secondary N) is 2. The molecule has 0 saturated heterocycles. The maximum atomic E-state index is 11.6. The minimum absolute atomic E-state index is 0.180. The van der Waals surface area contributed by atoms with Gasteiger partial charge in [-0.3, -0.25) is 9.78 Å². The summed E-state index contributed by atoms with van der Waals surface area (Å²) in [5, 5.41) is 4.06. The molecule has 0 atom stereocenters. The fraction of sp³-hybridized carbons (Fsp3) is 0.214. The van der Waals surface area contributed by atoms with Gasteiger partial charge in [-0.2, -0.15) is 5.10 Å². The highest BCUT2D eigenvalue weighted by molar-refractivity contribution is 9.10. The van der Waals surface area contributed by atoms with Gasteiger partial charge in [0.15, 0.2) is 0 Å². The standard InChI is InChI=1S/C14H15BrN4O2/c1-8-9(2)17-14(18-13(8)20)19-16-7-10-6-11(15)4-5-12(10)21-3/h4-7H,1-3H3,(H2,17,18,19,20)/b16-7-. The normalized spacial score (nSPS) is 10.9. The molecule has 2 rings (SSSR count). The molecule has 7 heteroatoms. The third-order valence-corrected chi connectivity index (χ3v) is 3.45. The lowest BCUT2D eigenvalue weighted by atomic mass is 10.2. The lowest BCUT2D eigenvalue weighted by Gasteiger charge is -2.05. The van der Waals surface area contributed by atoms with E-state index >= 15 is 0 Å². The molecular formula is C14H15BrN4O2. The first kappa shape index (κ1) is 15.2. The molecule has 0 spiro atoms. The van der Waals surface area contributed by atoms with E-state index in [0.717, 1.165) is 10.0 Å². The SMILES string of the molecule is COc1ccc(Br)cc1/C=N\Nc1nc(C)c(C)c(=O)[nH]1. The first-order valence-corrected chi connectivity index (χ1v) is 7.00. The van der Waals surface area contributed by atoms with Gasteiger partial charge >= 0.3 is 0 Å². The summed E-state index contributed by atoms with van der Waals surface area (Å²) in [6, 6.07) is 5.59. The third-order valence-electron chi connectivity index (χ3n) is 2.96. The summed E-state index contributed by atoms with van der Waals surface area (Å²) >= 11 is 3.39. The van der Waals surface area contributed by atoms with Gasteiger partial charge in [0, 0.05) is 21.3 Å². The van der Waals surface area contributed by atoms with Gasteiger partial charge in [-0.15, -0.1) is 0 Å². The number of nitrogens with zero attached hydrogens (tertiary/aromatic N) is 2. The Morgan fingerprint density at radius 3 is 2.86 bits per heavy atom. The van der Waals surface area contributed by atoms with Crippen LogP contribution in [-0.4, -0.2) is 23.3 Å². The zero-order valence-corrected chi connectivity index (χ0v) is 13.5. The number of benzene rings is 1. The van der Waals surface area contributed by atoms with E-state index in [1.807, 2.05) is 18.2 Å². The third kappa shape index (κ3) is 3.69. The number of hydrazone groups is 1. The van der Waals surface area contributed by atoms with Gasteiger partial charge in [0.1, 0.15) is 5.75 Å². The van der Waals surface area contributed by atoms with Crippen LogP contribution < -0.4 is 15.7 Å². The summed E-state index contributed by atoms with van der Waals surface area (Å²) in [5.41, 5.74) is 4.58. The predicted octanol–water partition coefficient (Wildman–Crippen LogP) is 2.60. The number of methoxy groups -OCH3 is 1. The van der Waals surface area contributed by atoms with Gasteiger partial charge in [0.05, 0.1) is 13.3 Å². The smallest absolute Gasteiger partial charge is 0.255 e. The molecular weight excluding hydrogens is 336 g/mol. The van der Waals surface area contributed by atoms with Crippen molar-refractivity contribution in [3.8, 4) is 5.75 Å². The molecule has 1 heterocycles. The predicted molar refractivity (Wildman–Crippen MR) is 86.2 cm³/mol. The molecule has 1 aromatic carbocycles. The average molecular weight is 351 g/mol. The van der Waals surface area contributed by atoms with Gasteiger partial charge in [-0.25, -0.2) is 10.4 Å². The zero-order chi connectivity index (χ0) is 15.4. The van der Waals surface area contributed by atoms with E-state index in [4.69, 9.17) is 4.74 Å². The lowest BCUT2D eigenvalue weighted by molar-refractivity contribution is 0.414. The Balaban J connectivity index is 2.20. The van der Waals surface area contributed by atoms with Crippen molar-refractivity contribution >= 4 is 28.1 Å². The summed E-state index contributed by atoms with van der Waals surface area (Å²) in [5.74, 6) is 0.999. The van der Waals surface area contributed by atoms with Crippen LogP contribution in [0.4, 0.5) is 5.95 Å². The highest BCUT2D eigenvalue weighted by atomic mass is 79.9. The minimum Gasteiger partial charge on any atom is -0.496 e. The van der Waals surface area contributed by atoms with Crippen LogP contribution in [0.3, 0.4) is 0 Å². The molecule has 1 aromatic heterocycles. The van der Waals surface area contributed by atoms with Gasteiger partial charge in [-0.05, 0) is 32.0 Å². The highest BCUT2D eigenvalue weighted by Gasteiger charge is 2.03. The molecule has 0 radical (unpaired) electrons. The Hall–Kier alpha value is -2.15. The molecule has 0 fully saturated rings. The van der Waals surface area contributed by atoms with Crippen LogP contribution in [0.1, 0.15) is 16.8 Å². The van der Waals surface area contributed by atoms with Crippen LogP contribution in [0.2, 0.25) is 0 Å². The maximum Gasteiger partial charge on any atom is 0.255 e. The number of aromatic amines is 1. The number of hydrogen-bond acceptors (Lipinski definition) is 5. The number of aromatic nitrogens is 2. The van der Waals surface area contributed by atoms with Crippen molar-refractivity contribution in [3.05, 3.63) is 49.8 Å². The van der Waals surface area contributed by atoms with E-state index in [-0.39, 0.29) is 5.56 Å². The number of anilines is 1. The summed E-state index contributed by atoms with van der Waals surface area (Å²) in [6.07, 6.45) is 1.60. The number of ether oxygens (including phenoxy) is 1. The van der Waals surface area contributed by atoms with Crippen molar-refractivity contribution in [3.63, 3.8) is 0 Å². The molecule has 2 N–H and O–H groups in total. The Labute approximate surface area is 130 Å². The zero-order valence-electron chi connectivity index (χ0n) is 11.9. The topological polar surface area (TPSA) is 79.4 Å². The minimum atomic E-state index is -0.180. The van der Waals surface area contributed by atoms with Gasteiger partial charge in [0.25, 0.3) is 5.56 Å². The Morgan fingerprint density at radius 2 is 2.19 bits per heavy atom. The van der Waals surface area contributed by atoms with Crippen LogP contribution in [-0.2, 0) is 0 Å². The Morgan fingerprint density at radius 1 is 1.43 bits per heavy atom. The van der Waals surface area contributed by atoms with Crippen molar-refractivity contribution in [1.82, 2.24) is 9.97 Å². The number of halogens is 1. The molecule has 110 valence electrons. The maximum absolute atomic E-state index is 11.6. The van der Waals surface area contributed by atoms with Crippen LogP contribution >= 0.6 is 15.9 Å². The largest absolute Gasteiger partial charge is 0.496 e. The molecule has 2 aromatic rings. The van der Waals surface area contributed by atoms with Gasteiger partial charge < -0.3 is 4.74 Å². The summed E-state index contributed by atoms with van der Waals surface area (Å²) in [4.78, 5) is 18.4. The monoisotopic (exact) mass is 350 g/mol. The molecule has 21 heavy (non-hydrogen) atoms. The second kappa shape index (κ2) is 6.53. The number of H-pyrrole nitrogens is 1. The molecule has 0 unspecified atom stereocenters. The molecule has 0 aliphatic rings. The van der Waals surface area contributed by atoms with E-state index in [0.29, 0.717) is 23.0 Å². The second-order valence-corrected chi connectivity index (χ2v) is 5.30. The van der Waals surface area contributed by atoms with Crippen molar-refractivity contribution in [1.29, 1.82) is 0 Å². The Kier molecular flexibility index (Phi) is 4.74. The average Bonchev–Trinajstić information content (AvgIpc) is 2.45. The molecule has 0 bridgehead atoms. The van der Waals surface area contributed by atoms with Crippen molar-refractivity contribution in [2.24, 2.45) is 5.10 Å². The molecule has 6 nitrogen and oxygen atoms in total. The van der Waals surface area contributed by atoms with E-state index in [2.05, 4.69) is 36.4 Å². The second-order valence-electron chi connectivity index (χ2n) is 4.38. The number of aryl methyl sites for hydroxylation is 1. The fourth-order valence-corrected chi connectivity index (χ4v) is 2.05. The van der Waals surface area contributed by atoms with Crippen LogP contribution in [0.5, 0.6) is 5.75 Å². The first-order chi connectivity index (χ1) is 10.0.